The van der Waals surface area contributed by atoms with Crippen molar-refractivity contribution in [2.24, 2.45) is 0 Å². The van der Waals surface area contributed by atoms with E-state index in [1.54, 1.807) is 12.4 Å². The van der Waals surface area contributed by atoms with Crippen molar-refractivity contribution >= 4 is 17.5 Å². The third kappa shape index (κ3) is 4.69. The van der Waals surface area contributed by atoms with Gasteiger partial charge in [0.05, 0.1) is 0 Å². The van der Waals surface area contributed by atoms with Crippen LogP contribution in [0, 0.1) is 0 Å². The molecule has 1 aromatic carbocycles. The number of rotatable bonds is 7. The molecule has 2 aromatic rings. The molecule has 4 nitrogen and oxygen atoms in total. The van der Waals surface area contributed by atoms with E-state index in [1.165, 1.54) is 12.8 Å². The predicted molar refractivity (Wildman–Crippen MR) is 88.2 cm³/mol. The lowest BCUT2D eigenvalue weighted by molar-refractivity contribution is 0.531. The first kappa shape index (κ1) is 15.7. The molecule has 5 heteroatoms. The molecule has 112 valence electrons. The molecule has 0 radical (unpaired) electrons. The fourth-order valence-corrected chi connectivity index (χ4v) is 2.24. The molecule has 0 saturated heterocycles. The van der Waals surface area contributed by atoms with E-state index in [2.05, 4.69) is 34.7 Å². The predicted octanol–water partition coefficient (Wildman–Crippen LogP) is 4.29. The number of aromatic nitrogens is 2. The molecular formula is C16H21ClN4. The van der Waals surface area contributed by atoms with E-state index in [0.29, 0.717) is 17.0 Å². The highest BCUT2D eigenvalue weighted by Gasteiger charge is 2.05. The van der Waals surface area contributed by atoms with E-state index in [4.69, 9.17) is 11.6 Å². The molecule has 21 heavy (non-hydrogen) atoms. The van der Waals surface area contributed by atoms with Gasteiger partial charge in [0, 0.05) is 34.6 Å². The van der Waals surface area contributed by atoms with Crippen LogP contribution in [0.5, 0.6) is 0 Å². The van der Waals surface area contributed by atoms with Crippen LogP contribution >= 0.6 is 11.6 Å². The maximum atomic E-state index is 6.17. The molecule has 1 heterocycles. The number of hydrogen-bond acceptors (Lipinski definition) is 4. The molecule has 2 N–H and O–H groups in total. The second-order valence-electron chi connectivity index (χ2n) is 5.09. The summed E-state index contributed by atoms with van der Waals surface area (Å²) in [6.45, 7) is 4.33. The van der Waals surface area contributed by atoms with Crippen molar-refractivity contribution in [3.05, 3.63) is 41.7 Å². The van der Waals surface area contributed by atoms with Crippen LogP contribution in [-0.2, 0) is 0 Å². The number of anilines is 1. The average molecular weight is 305 g/mol. The van der Waals surface area contributed by atoms with Gasteiger partial charge < -0.3 is 0 Å². The van der Waals surface area contributed by atoms with Crippen molar-refractivity contribution in [1.29, 1.82) is 0 Å². The smallest absolute Gasteiger partial charge is 0.237 e. The number of hydrogen-bond donors (Lipinski definition) is 2. The Kier molecular flexibility index (Phi) is 5.96. The van der Waals surface area contributed by atoms with E-state index >= 15 is 0 Å². The van der Waals surface area contributed by atoms with Crippen molar-refractivity contribution in [3.63, 3.8) is 0 Å². The molecular weight excluding hydrogens is 284 g/mol. The van der Waals surface area contributed by atoms with Gasteiger partial charge in [0.15, 0.2) is 0 Å². The Morgan fingerprint density at radius 2 is 1.90 bits per heavy atom. The number of benzene rings is 1. The lowest BCUT2D eigenvalue weighted by Gasteiger charge is -2.14. The summed E-state index contributed by atoms with van der Waals surface area (Å²) in [5, 5.41) is 0.702. The summed E-state index contributed by atoms with van der Waals surface area (Å²) >= 11 is 6.17. The molecule has 2 rings (SSSR count). The van der Waals surface area contributed by atoms with Crippen molar-refractivity contribution in [2.45, 2.75) is 39.2 Å². The van der Waals surface area contributed by atoms with Gasteiger partial charge in [-0.2, -0.15) is 0 Å². The van der Waals surface area contributed by atoms with Crippen molar-refractivity contribution in [2.75, 3.05) is 5.43 Å². The number of unbranched alkanes of at least 4 members (excludes halogenated alkanes) is 1. The number of nitrogens with one attached hydrogen (secondary N) is 2. The SMILES string of the molecule is CCCCC(C)NNc1ncc(-c2ccccc2Cl)cn1. The van der Waals surface area contributed by atoms with Crippen LogP contribution in [0.15, 0.2) is 36.7 Å². The maximum absolute atomic E-state index is 6.17. The third-order valence-electron chi connectivity index (χ3n) is 3.26. The normalized spacial score (nSPS) is 12.1. The van der Waals surface area contributed by atoms with E-state index in [9.17, 15) is 0 Å². The van der Waals surface area contributed by atoms with Gasteiger partial charge in [-0.05, 0) is 19.4 Å². The summed E-state index contributed by atoms with van der Waals surface area (Å²) in [5.41, 5.74) is 8.09. The van der Waals surface area contributed by atoms with Gasteiger partial charge in [0.2, 0.25) is 5.95 Å². The monoisotopic (exact) mass is 304 g/mol. The fourth-order valence-electron chi connectivity index (χ4n) is 2.00. The summed E-state index contributed by atoms with van der Waals surface area (Å²) in [4.78, 5) is 8.61. The molecule has 0 saturated carbocycles. The zero-order valence-electron chi connectivity index (χ0n) is 12.4. The highest BCUT2D eigenvalue weighted by atomic mass is 35.5. The number of halogens is 1. The summed E-state index contributed by atoms with van der Waals surface area (Å²) in [7, 11) is 0. The van der Waals surface area contributed by atoms with Crippen molar-refractivity contribution in [3.8, 4) is 11.1 Å². The molecule has 0 bridgehead atoms. The van der Waals surface area contributed by atoms with Crippen LogP contribution in [0.4, 0.5) is 5.95 Å². The van der Waals surface area contributed by atoms with Crippen LogP contribution in [0.3, 0.4) is 0 Å². The van der Waals surface area contributed by atoms with Gasteiger partial charge >= 0.3 is 0 Å². The Morgan fingerprint density at radius 3 is 2.57 bits per heavy atom. The zero-order valence-corrected chi connectivity index (χ0v) is 13.2. The first-order valence-electron chi connectivity index (χ1n) is 7.29. The Hall–Kier alpha value is -1.65. The molecule has 0 aliphatic rings. The first-order chi connectivity index (χ1) is 10.2. The average Bonchev–Trinajstić information content (AvgIpc) is 2.52. The standard InChI is InChI=1S/C16H21ClN4/c1-3-4-7-12(2)20-21-16-18-10-13(11-19-16)14-8-5-6-9-15(14)17/h5-6,8-12,20H,3-4,7H2,1-2H3,(H,18,19,21). The van der Waals surface area contributed by atoms with Gasteiger partial charge in [0.25, 0.3) is 0 Å². The molecule has 0 aliphatic heterocycles. The topological polar surface area (TPSA) is 49.8 Å². The van der Waals surface area contributed by atoms with Crippen LogP contribution < -0.4 is 10.9 Å². The lowest BCUT2D eigenvalue weighted by Crippen LogP contribution is -2.32. The Bertz CT molecular complexity index is 556. The minimum absolute atomic E-state index is 0.386. The Balaban J connectivity index is 1.95. The second-order valence-corrected chi connectivity index (χ2v) is 5.50. The number of hydrazine groups is 1. The second kappa shape index (κ2) is 7.96. The molecule has 1 atom stereocenters. The van der Waals surface area contributed by atoms with Gasteiger partial charge in [-0.3, -0.25) is 5.43 Å². The zero-order chi connectivity index (χ0) is 15.1. The van der Waals surface area contributed by atoms with E-state index in [-0.39, 0.29) is 0 Å². The molecule has 1 aromatic heterocycles. The maximum Gasteiger partial charge on any atom is 0.237 e. The van der Waals surface area contributed by atoms with Gasteiger partial charge in [0.1, 0.15) is 0 Å². The Labute approximate surface area is 130 Å². The van der Waals surface area contributed by atoms with Crippen LogP contribution in [0.25, 0.3) is 11.1 Å². The lowest BCUT2D eigenvalue weighted by atomic mass is 10.1. The van der Waals surface area contributed by atoms with Crippen molar-refractivity contribution < 1.29 is 0 Å². The third-order valence-corrected chi connectivity index (χ3v) is 3.59. The fraction of sp³-hybridized carbons (Fsp3) is 0.375. The quantitative estimate of drug-likeness (QED) is 0.749. The highest BCUT2D eigenvalue weighted by molar-refractivity contribution is 6.33. The minimum atomic E-state index is 0.386. The molecule has 0 amide bonds. The number of nitrogens with zero attached hydrogens (tertiary/aromatic N) is 2. The molecule has 0 aliphatic carbocycles. The first-order valence-corrected chi connectivity index (χ1v) is 7.67. The van der Waals surface area contributed by atoms with Crippen LogP contribution in [0.2, 0.25) is 5.02 Å². The molecule has 0 fully saturated rings. The van der Waals surface area contributed by atoms with Crippen molar-refractivity contribution in [1.82, 2.24) is 15.4 Å². The highest BCUT2D eigenvalue weighted by Crippen LogP contribution is 2.26. The van der Waals surface area contributed by atoms with E-state index in [1.807, 2.05) is 24.3 Å². The summed E-state index contributed by atoms with van der Waals surface area (Å²) in [6, 6.07) is 8.06. The summed E-state index contributed by atoms with van der Waals surface area (Å²) in [6.07, 6.45) is 7.09. The summed E-state index contributed by atoms with van der Waals surface area (Å²) in [5.74, 6) is 0.564. The molecule has 0 spiro atoms. The largest absolute Gasteiger partial charge is 0.289 e. The van der Waals surface area contributed by atoms with Crippen LogP contribution in [0.1, 0.15) is 33.1 Å². The van der Waals surface area contributed by atoms with Gasteiger partial charge in [-0.25, -0.2) is 15.4 Å². The van der Waals surface area contributed by atoms with E-state index in [0.717, 1.165) is 17.5 Å². The Morgan fingerprint density at radius 1 is 1.19 bits per heavy atom. The van der Waals surface area contributed by atoms with Gasteiger partial charge in [-0.15, -0.1) is 0 Å². The van der Waals surface area contributed by atoms with Gasteiger partial charge in [-0.1, -0.05) is 49.6 Å². The summed E-state index contributed by atoms with van der Waals surface area (Å²) < 4.78 is 0. The van der Waals surface area contributed by atoms with Crippen LogP contribution in [-0.4, -0.2) is 16.0 Å². The minimum Gasteiger partial charge on any atom is -0.289 e. The molecule has 1 unspecified atom stereocenters. The van der Waals surface area contributed by atoms with E-state index < -0.39 is 0 Å².